The molecule has 0 radical (unpaired) electrons. The van der Waals surface area contributed by atoms with Gasteiger partial charge >= 0.3 is 0 Å². The summed E-state index contributed by atoms with van der Waals surface area (Å²) in [4.78, 5) is 0. The molecule has 0 aromatic carbocycles. The molecule has 1 aromatic heterocycles. The van der Waals surface area contributed by atoms with Crippen molar-refractivity contribution in [2.75, 3.05) is 12.3 Å². The Kier molecular flexibility index (Phi) is 4.80. The van der Waals surface area contributed by atoms with Gasteiger partial charge in [0.15, 0.2) is 0 Å². The Morgan fingerprint density at radius 3 is 2.50 bits per heavy atom. The molecule has 1 rings (SSSR count). The summed E-state index contributed by atoms with van der Waals surface area (Å²) >= 11 is 0. The van der Waals surface area contributed by atoms with Gasteiger partial charge in [0.05, 0.1) is 36.3 Å². The number of rotatable bonds is 6. The van der Waals surface area contributed by atoms with Crippen molar-refractivity contribution in [2.24, 2.45) is 0 Å². The summed E-state index contributed by atoms with van der Waals surface area (Å²) in [7, 11) is 0. The lowest BCUT2D eigenvalue weighted by molar-refractivity contribution is 0.0705. The number of hydrogen-bond acceptors (Lipinski definition) is 3. The molecular weight excluding hydrogens is 202 g/mol. The van der Waals surface area contributed by atoms with Crippen LogP contribution >= 0.6 is 0 Å². The lowest BCUT2D eigenvalue weighted by Crippen LogP contribution is -2.13. The summed E-state index contributed by atoms with van der Waals surface area (Å²) in [6.45, 7) is 9.73. The lowest BCUT2D eigenvalue weighted by atomic mass is 10.2. The predicted molar refractivity (Wildman–Crippen MR) is 66.5 cm³/mol. The molecule has 92 valence electrons. The highest BCUT2D eigenvalue weighted by molar-refractivity contribution is 5.48. The lowest BCUT2D eigenvalue weighted by Gasteiger charge is -2.09. The quantitative estimate of drug-likeness (QED) is 0.805. The number of hydrogen-bond donors (Lipinski definition) is 1. The van der Waals surface area contributed by atoms with Gasteiger partial charge in [0.1, 0.15) is 0 Å². The van der Waals surface area contributed by atoms with Gasteiger partial charge in [-0.1, -0.05) is 13.8 Å². The number of nitrogens with two attached hydrogens (primary N) is 1. The molecule has 0 spiro atoms. The maximum absolute atomic E-state index is 6.03. The molecular formula is C12H23N3O. The van der Waals surface area contributed by atoms with Gasteiger partial charge in [0, 0.05) is 0 Å². The Morgan fingerprint density at radius 2 is 2.00 bits per heavy atom. The molecule has 4 heteroatoms. The van der Waals surface area contributed by atoms with Crippen molar-refractivity contribution in [2.45, 2.75) is 53.2 Å². The second kappa shape index (κ2) is 5.89. The number of nitrogens with zero attached hydrogens (tertiary/aromatic N) is 2. The number of anilines is 1. The van der Waals surface area contributed by atoms with Crippen LogP contribution < -0.4 is 5.73 Å². The molecule has 2 N–H and O–H groups in total. The van der Waals surface area contributed by atoms with Crippen LogP contribution in [0.4, 0.5) is 5.69 Å². The fourth-order valence-electron chi connectivity index (χ4n) is 1.76. The molecule has 4 nitrogen and oxygen atoms in total. The number of aromatic nitrogens is 2. The first-order valence-corrected chi connectivity index (χ1v) is 6.05. The van der Waals surface area contributed by atoms with Crippen molar-refractivity contribution in [3.8, 4) is 0 Å². The molecule has 0 atom stereocenters. The van der Waals surface area contributed by atoms with Gasteiger partial charge < -0.3 is 10.5 Å². The highest BCUT2D eigenvalue weighted by Crippen LogP contribution is 2.18. The molecule has 0 fully saturated rings. The Labute approximate surface area is 97.8 Å². The molecule has 0 aliphatic carbocycles. The Bertz CT molecular complexity index is 331. The first-order chi connectivity index (χ1) is 7.60. The van der Waals surface area contributed by atoms with Crippen LogP contribution in [0.15, 0.2) is 0 Å². The number of nitrogen functional groups attached to an aromatic ring is 1. The third-order valence-electron chi connectivity index (χ3n) is 2.60. The minimum atomic E-state index is 0.267. The van der Waals surface area contributed by atoms with Gasteiger partial charge in [-0.25, -0.2) is 0 Å². The van der Waals surface area contributed by atoms with E-state index in [1.165, 1.54) is 0 Å². The molecule has 1 heterocycles. The minimum Gasteiger partial charge on any atom is -0.396 e. The van der Waals surface area contributed by atoms with Gasteiger partial charge in [0.2, 0.25) is 0 Å². The van der Waals surface area contributed by atoms with Gasteiger partial charge in [-0.05, 0) is 26.7 Å². The molecule has 0 bridgehead atoms. The van der Waals surface area contributed by atoms with Crippen molar-refractivity contribution in [1.82, 2.24) is 9.78 Å². The summed E-state index contributed by atoms with van der Waals surface area (Å²) in [6, 6.07) is 0. The van der Waals surface area contributed by atoms with Crippen molar-refractivity contribution >= 4 is 5.69 Å². The smallest absolute Gasteiger partial charge is 0.0854 e. The van der Waals surface area contributed by atoms with E-state index in [-0.39, 0.29) is 6.10 Å². The van der Waals surface area contributed by atoms with Gasteiger partial charge in [-0.15, -0.1) is 0 Å². The summed E-state index contributed by atoms with van der Waals surface area (Å²) in [5.74, 6) is 0. The van der Waals surface area contributed by atoms with E-state index in [4.69, 9.17) is 10.5 Å². The molecule has 1 aromatic rings. The van der Waals surface area contributed by atoms with E-state index in [0.717, 1.165) is 36.5 Å². The summed E-state index contributed by atoms with van der Waals surface area (Å²) < 4.78 is 7.51. The highest BCUT2D eigenvalue weighted by atomic mass is 16.5. The standard InChI is InChI=1S/C12H23N3O/c1-5-10-12(13)11(6-2)15(14-10)7-8-16-9(3)4/h9H,5-8,13H2,1-4H3. The average Bonchev–Trinajstić information content (AvgIpc) is 2.54. The molecule has 0 saturated carbocycles. The third kappa shape index (κ3) is 2.98. The average molecular weight is 225 g/mol. The van der Waals surface area contributed by atoms with Gasteiger partial charge in [0.25, 0.3) is 0 Å². The summed E-state index contributed by atoms with van der Waals surface area (Å²) in [5.41, 5.74) is 9.02. The van der Waals surface area contributed by atoms with E-state index in [1.807, 2.05) is 18.5 Å². The monoisotopic (exact) mass is 225 g/mol. The highest BCUT2D eigenvalue weighted by Gasteiger charge is 2.12. The first-order valence-electron chi connectivity index (χ1n) is 6.05. The fourth-order valence-corrected chi connectivity index (χ4v) is 1.76. The van der Waals surface area contributed by atoms with Gasteiger partial charge in [-0.3, -0.25) is 4.68 Å². The van der Waals surface area contributed by atoms with E-state index >= 15 is 0 Å². The molecule has 0 saturated heterocycles. The Hall–Kier alpha value is -1.03. The van der Waals surface area contributed by atoms with Crippen molar-refractivity contribution in [3.05, 3.63) is 11.4 Å². The zero-order valence-electron chi connectivity index (χ0n) is 10.8. The third-order valence-corrected chi connectivity index (χ3v) is 2.60. The van der Waals surface area contributed by atoms with Crippen molar-refractivity contribution < 1.29 is 4.74 Å². The van der Waals surface area contributed by atoms with Crippen LogP contribution in [0, 0.1) is 0 Å². The fraction of sp³-hybridized carbons (Fsp3) is 0.750. The van der Waals surface area contributed by atoms with Gasteiger partial charge in [-0.2, -0.15) is 5.10 Å². The van der Waals surface area contributed by atoms with Crippen molar-refractivity contribution in [1.29, 1.82) is 0 Å². The van der Waals surface area contributed by atoms with E-state index < -0.39 is 0 Å². The van der Waals surface area contributed by atoms with E-state index in [0.29, 0.717) is 6.61 Å². The van der Waals surface area contributed by atoms with Crippen molar-refractivity contribution in [3.63, 3.8) is 0 Å². The van der Waals surface area contributed by atoms with Crippen LogP contribution in [0.2, 0.25) is 0 Å². The van der Waals surface area contributed by atoms with Crippen LogP contribution in [0.25, 0.3) is 0 Å². The van der Waals surface area contributed by atoms with E-state index in [1.54, 1.807) is 0 Å². The second-order valence-corrected chi connectivity index (χ2v) is 4.16. The molecule has 0 aliphatic heterocycles. The number of ether oxygens (including phenoxy) is 1. The minimum absolute atomic E-state index is 0.267. The predicted octanol–water partition coefficient (Wildman–Crippen LogP) is 2.02. The zero-order chi connectivity index (χ0) is 12.1. The molecule has 0 aliphatic rings. The van der Waals surface area contributed by atoms with Crippen LogP contribution in [0.5, 0.6) is 0 Å². The van der Waals surface area contributed by atoms with E-state index in [9.17, 15) is 0 Å². The molecule has 0 unspecified atom stereocenters. The van der Waals surface area contributed by atoms with Crippen LogP contribution in [0.3, 0.4) is 0 Å². The second-order valence-electron chi connectivity index (χ2n) is 4.16. The van der Waals surface area contributed by atoms with Crippen LogP contribution in [0.1, 0.15) is 39.1 Å². The summed E-state index contributed by atoms with van der Waals surface area (Å²) in [6.07, 6.45) is 2.07. The zero-order valence-corrected chi connectivity index (χ0v) is 10.8. The summed E-state index contributed by atoms with van der Waals surface area (Å²) in [5, 5.41) is 4.51. The number of aryl methyl sites for hydroxylation is 1. The Morgan fingerprint density at radius 1 is 1.31 bits per heavy atom. The molecule has 0 amide bonds. The Balaban J connectivity index is 2.71. The maximum atomic E-state index is 6.03. The normalized spacial score (nSPS) is 11.3. The van der Waals surface area contributed by atoms with Crippen LogP contribution in [-0.2, 0) is 24.1 Å². The topological polar surface area (TPSA) is 53.1 Å². The SMILES string of the molecule is CCc1nn(CCOC(C)C)c(CC)c1N. The first kappa shape index (κ1) is 13.0. The van der Waals surface area contributed by atoms with Crippen LogP contribution in [-0.4, -0.2) is 22.5 Å². The van der Waals surface area contributed by atoms with E-state index in [2.05, 4.69) is 18.9 Å². The maximum Gasteiger partial charge on any atom is 0.0854 e. The largest absolute Gasteiger partial charge is 0.396 e. The molecule has 16 heavy (non-hydrogen) atoms.